The average Bonchev–Trinajstić information content (AvgIpc) is 3.13. The Morgan fingerprint density at radius 1 is 1.25 bits per heavy atom. The summed E-state index contributed by atoms with van der Waals surface area (Å²) < 4.78 is 2.79. The molecule has 0 saturated carbocycles. The monoisotopic (exact) mass is 328 g/mol. The number of aliphatic carboxylic acids is 1. The van der Waals surface area contributed by atoms with Gasteiger partial charge in [-0.3, -0.25) is 9.48 Å². The van der Waals surface area contributed by atoms with E-state index in [2.05, 4.69) is 20.5 Å². The van der Waals surface area contributed by atoms with Gasteiger partial charge in [0.25, 0.3) is 5.91 Å². The molecule has 0 radical (unpaired) electrons. The third kappa shape index (κ3) is 2.60. The minimum atomic E-state index is -1.22. The lowest BCUT2D eigenvalue weighted by Crippen LogP contribution is -2.35. The van der Waals surface area contributed by atoms with Gasteiger partial charge in [0.15, 0.2) is 11.2 Å². The predicted molar refractivity (Wildman–Crippen MR) is 84.9 cm³/mol. The Morgan fingerprint density at radius 3 is 2.71 bits per heavy atom. The van der Waals surface area contributed by atoms with Crippen molar-refractivity contribution in [2.45, 2.75) is 26.3 Å². The van der Waals surface area contributed by atoms with Gasteiger partial charge in [-0.15, -0.1) is 0 Å². The van der Waals surface area contributed by atoms with Gasteiger partial charge in [-0.25, -0.2) is 14.3 Å². The number of fused-ring (bicyclic) bond motifs is 1. The minimum absolute atomic E-state index is 0.323. The lowest BCUT2D eigenvalue weighted by molar-refractivity contribution is -0.146. The van der Waals surface area contributed by atoms with E-state index in [1.807, 2.05) is 6.92 Å². The number of carboxylic acids is 1. The van der Waals surface area contributed by atoms with Crippen molar-refractivity contribution in [2.24, 2.45) is 0 Å². The Kier molecular flexibility index (Phi) is 3.55. The maximum Gasteiger partial charge on any atom is 0.331 e. The number of aryl methyl sites for hydroxylation is 1. The Bertz CT molecular complexity index is 940. The number of nitrogens with zero attached hydrogens (tertiary/aromatic N) is 5. The number of carbonyl (C=O) groups is 2. The zero-order valence-corrected chi connectivity index (χ0v) is 13.4. The van der Waals surface area contributed by atoms with Gasteiger partial charge in [0.2, 0.25) is 0 Å². The zero-order valence-electron chi connectivity index (χ0n) is 13.4. The van der Waals surface area contributed by atoms with E-state index in [0.29, 0.717) is 16.9 Å². The van der Waals surface area contributed by atoms with Crippen LogP contribution in [0.2, 0.25) is 0 Å². The van der Waals surface area contributed by atoms with Crippen LogP contribution in [0.5, 0.6) is 0 Å². The summed E-state index contributed by atoms with van der Waals surface area (Å²) in [6.45, 7) is 4.87. The number of nitrogens with one attached hydrogen (secondary N) is 1. The summed E-state index contributed by atoms with van der Waals surface area (Å²) >= 11 is 0. The van der Waals surface area contributed by atoms with Crippen molar-refractivity contribution in [3.63, 3.8) is 0 Å². The number of anilines is 1. The molecular formula is C15H16N6O3. The molecule has 0 aromatic carbocycles. The molecule has 0 saturated heterocycles. The van der Waals surface area contributed by atoms with Crippen LogP contribution in [0.15, 0.2) is 30.9 Å². The van der Waals surface area contributed by atoms with Gasteiger partial charge in [-0.05, 0) is 26.8 Å². The lowest BCUT2D eigenvalue weighted by Gasteiger charge is -2.19. The molecule has 0 bridgehead atoms. The minimum Gasteiger partial charge on any atom is -0.479 e. The summed E-state index contributed by atoms with van der Waals surface area (Å²) in [6, 6.07) is 1.79. The summed E-state index contributed by atoms with van der Waals surface area (Å²) in [6.07, 6.45) is 6.02. The summed E-state index contributed by atoms with van der Waals surface area (Å²) in [4.78, 5) is 28.0. The van der Waals surface area contributed by atoms with Crippen molar-refractivity contribution < 1.29 is 14.7 Å². The SMILES string of the molecule is Cc1ccn2ncc(C(=O)Nc3cnn(C(C)(C)C(=O)O)c3)c2n1. The van der Waals surface area contributed by atoms with Gasteiger partial charge in [0.05, 0.1) is 18.1 Å². The highest BCUT2D eigenvalue weighted by Crippen LogP contribution is 2.18. The van der Waals surface area contributed by atoms with E-state index in [1.165, 1.54) is 41.6 Å². The fourth-order valence-electron chi connectivity index (χ4n) is 2.11. The Labute approximate surface area is 136 Å². The van der Waals surface area contributed by atoms with Gasteiger partial charge < -0.3 is 10.4 Å². The number of carbonyl (C=O) groups excluding carboxylic acids is 1. The van der Waals surface area contributed by atoms with Gasteiger partial charge in [-0.2, -0.15) is 10.2 Å². The van der Waals surface area contributed by atoms with E-state index in [4.69, 9.17) is 0 Å². The molecule has 0 atom stereocenters. The molecule has 1 amide bonds. The van der Waals surface area contributed by atoms with Crippen LogP contribution < -0.4 is 5.32 Å². The Hall–Kier alpha value is -3.23. The number of rotatable bonds is 4. The highest BCUT2D eigenvalue weighted by atomic mass is 16.4. The Morgan fingerprint density at radius 2 is 2.00 bits per heavy atom. The standard InChI is InChI=1S/C15H16N6O3/c1-9-4-5-20-12(18-9)11(7-16-20)13(22)19-10-6-17-21(8-10)15(2,3)14(23)24/h4-8H,1-3H3,(H,19,22)(H,23,24). The third-order valence-electron chi connectivity index (χ3n) is 3.69. The molecular weight excluding hydrogens is 312 g/mol. The summed E-state index contributed by atoms with van der Waals surface area (Å²) in [5, 5.41) is 20.0. The smallest absolute Gasteiger partial charge is 0.331 e. The second-order valence-electron chi connectivity index (χ2n) is 5.89. The molecule has 0 fully saturated rings. The summed E-state index contributed by atoms with van der Waals surface area (Å²) in [5.74, 6) is -1.42. The van der Waals surface area contributed by atoms with E-state index < -0.39 is 17.4 Å². The van der Waals surface area contributed by atoms with E-state index in [9.17, 15) is 14.7 Å². The first-order valence-corrected chi connectivity index (χ1v) is 7.20. The largest absolute Gasteiger partial charge is 0.479 e. The quantitative estimate of drug-likeness (QED) is 0.746. The molecule has 2 N–H and O–H groups in total. The van der Waals surface area contributed by atoms with E-state index >= 15 is 0 Å². The van der Waals surface area contributed by atoms with Crippen molar-refractivity contribution in [2.75, 3.05) is 5.32 Å². The second-order valence-corrected chi connectivity index (χ2v) is 5.89. The molecule has 0 unspecified atom stereocenters. The van der Waals surface area contributed by atoms with Crippen molar-refractivity contribution in [1.82, 2.24) is 24.4 Å². The van der Waals surface area contributed by atoms with Crippen molar-refractivity contribution in [3.8, 4) is 0 Å². The maximum atomic E-state index is 12.4. The number of hydrogen-bond acceptors (Lipinski definition) is 5. The molecule has 124 valence electrons. The maximum absolute atomic E-state index is 12.4. The first kappa shape index (κ1) is 15.7. The van der Waals surface area contributed by atoms with E-state index in [-0.39, 0.29) is 0 Å². The number of aromatic nitrogens is 5. The van der Waals surface area contributed by atoms with Gasteiger partial charge in [0, 0.05) is 18.1 Å². The van der Waals surface area contributed by atoms with Crippen LogP contribution in [-0.4, -0.2) is 41.4 Å². The number of carboxylic acid groups (broad SMARTS) is 1. The molecule has 9 nitrogen and oxygen atoms in total. The first-order chi connectivity index (χ1) is 11.3. The van der Waals surface area contributed by atoms with E-state index in [1.54, 1.807) is 12.3 Å². The first-order valence-electron chi connectivity index (χ1n) is 7.20. The van der Waals surface area contributed by atoms with Gasteiger partial charge in [0.1, 0.15) is 5.56 Å². The van der Waals surface area contributed by atoms with Crippen LogP contribution >= 0.6 is 0 Å². The summed E-state index contributed by atoms with van der Waals surface area (Å²) in [5.41, 5.74) is 0.718. The van der Waals surface area contributed by atoms with Crippen LogP contribution in [0.1, 0.15) is 29.9 Å². The normalized spacial score (nSPS) is 11.6. The van der Waals surface area contributed by atoms with Crippen LogP contribution in [-0.2, 0) is 10.3 Å². The van der Waals surface area contributed by atoms with Crippen molar-refractivity contribution in [1.29, 1.82) is 0 Å². The topological polar surface area (TPSA) is 114 Å². The molecule has 3 rings (SSSR count). The molecule has 24 heavy (non-hydrogen) atoms. The highest BCUT2D eigenvalue weighted by molar-refractivity contribution is 6.08. The number of amides is 1. The molecule has 0 spiro atoms. The molecule has 3 aromatic rings. The third-order valence-corrected chi connectivity index (χ3v) is 3.69. The zero-order chi connectivity index (χ0) is 17.5. The van der Waals surface area contributed by atoms with Crippen molar-refractivity contribution >= 4 is 23.2 Å². The molecule has 3 heterocycles. The highest BCUT2D eigenvalue weighted by Gasteiger charge is 2.30. The van der Waals surface area contributed by atoms with Crippen LogP contribution in [0, 0.1) is 6.92 Å². The molecule has 0 aliphatic carbocycles. The van der Waals surface area contributed by atoms with Gasteiger partial charge in [-0.1, -0.05) is 0 Å². The van der Waals surface area contributed by atoms with Crippen LogP contribution in [0.25, 0.3) is 5.65 Å². The second kappa shape index (κ2) is 5.44. The number of hydrogen-bond donors (Lipinski definition) is 2. The molecule has 0 aliphatic heterocycles. The molecule has 9 heteroatoms. The van der Waals surface area contributed by atoms with E-state index in [0.717, 1.165) is 5.69 Å². The van der Waals surface area contributed by atoms with Crippen LogP contribution in [0.4, 0.5) is 5.69 Å². The van der Waals surface area contributed by atoms with Crippen molar-refractivity contribution in [3.05, 3.63) is 42.1 Å². The fourth-order valence-corrected chi connectivity index (χ4v) is 2.11. The summed E-state index contributed by atoms with van der Waals surface area (Å²) in [7, 11) is 0. The average molecular weight is 328 g/mol. The molecule has 3 aromatic heterocycles. The predicted octanol–water partition coefficient (Wildman–Crippen LogP) is 1.31. The molecule has 0 aliphatic rings. The Balaban J connectivity index is 1.86. The lowest BCUT2D eigenvalue weighted by atomic mass is 10.1. The van der Waals surface area contributed by atoms with Gasteiger partial charge >= 0.3 is 5.97 Å². The fraction of sp³-hybridized carbons (Fsp3) is 0.267. The van der Waals surface area contributed by atoms with Crippen LogP contribution in [0.3, 0.4) is 0 Å².